The molecule has 1 aromatic heterocycles. The van der Waals surface area contributed by atoms with Gasteiger partial charge in [0.25, 0.3) is 0 Å². The summed E-state index contributed by atoms with van der Waals surface area (Å²) in [5, 5.41) is 0. The second-order valence-electron chi connectivity index (χ2n) is 5.70. The SMILES string of the molecule is CS(=O)(=O)N(Cc1ccc(CNNC(=O)C(F)F)cc1F)c1cncc(F)c1. The van der Waals surface area contributed by atoms with Gasteiger partial charge in [0.2, 0.25) is 10.0 Å². The standard InChI is InChI=1S/C16H16F4N4O3S/c1-28(26,27)24(13-5-12(17)7-21-8-13)9-11-3-2-10(4-14(11)18)6-22-23-16(25)15(19)20/h2-5,7-8,15,22H,6,9H2,1H3,(H,23,25). The van der Waals surface area contributed by atoms with Crippen LogP contribution in [0.3, 0.4) is 0 Å². The Kier molecular flexibility index (Phi) is 6.91. The van der Waals surface area contributed by atoms with Crippen molar-refractivity contribution in [2.24, 2.45) is 0 Å². The van der Waals surface area contributed by atoms with Gasteiger partial charge in [0.05, 0.1) is 30.9 Å². The molecule has 0 saturated carbocycles. The van der Waals surface area contributed by atoms with Crippen molar-refractivity contribution in [1.29, 1.82) is 0 Å². The van der Waals surface area contributed by atoms with E-state index in [1.165, 1.54) is 12.1 Å². The molecule has 2 aromatic rings. The molecule has 0 radical (unpaired) electrons. The number of hydrogen-bond acceptors (Lipinski definition) is 5. The van der Waals surface area contributed by atoms with Crippen molar-refractivity contribution >= 4 is 21.6 Å². The zero-order chi connectivity index (χ0) is 20.9. The van der Waals surface area contributed by atoms with Gasteiger partial charge >= 0.3 is 12.3 Å². The molecule has 0 fully saturated rings. The predicted octanol–water partition coefficient (Wildman–Crippen LogP) is 1.71. The lowest BCUT2D eigenvalue weighted by Gasteiger charge is -2.22. The van der Waals surface area contributed by atoms with Gasteiger partial charge in [0.1, 0.15) is 11.6 Å². The molecule has 0 aliphatic rings. The molecule has 1 heterocycles. The van der Waals surface area contributed by atoms with E-state index >= 15 is 0 Å². The van der Waals surface area contributed by atoms with Crippen molar-refractivity contribution in [3.63, 3.8) is 0 Å². The fourth-order valence-corrected chi connectivity index (χ4v) is 3.07. The number of amides is 1. The lowest BCUT2D eigenvalue weighted by molar-refractivity contribution is -0.132. The molecule has 2 N–H and O–H groups in total. The first-order chi connectivity index (χ1) is 13.1. The van der Waals surface area contributed by atoms with Gasteiger partial charge in [-0.1, -0.05) is 12.1 Å². The van der Waals surface area contributed by atoms with E-state index in [4.69, 9.17) is 0 Å². The Hall–Kier alpha value is -2.73. The molecule has 0 atom stereocenters. The lowest BCUT2D eigenvalue weighted by atomic mass is 10.1. The minimum atomic E-state index is -3.86. The third-order valence-electron chi connectivity index (χ3n) is 3.51. The van der Waals surface area contributed by atoms with Gasteiger partial charge in [-0.05, 0) is 11.6 Å². The summed E-state index contributed by atoms with van der Waals surface area (Å²) in [5.74, 6) is -3.04. The number of aromatic nitrogens is 1. The van der Waals surface area contributed by atoms with Crippen molar-refractivity contribution in [3.8, 4) is 0 Å². The maximum Gasteiger partial charge on any atom is 0.316 e. The number of pyridine rings is 1. The summed E-state index contributed by atoms with van der Waals surface area (Å²) in [7, 11) is -3.86. The summed E-state index contributed by atoms with van der Waals surface area (Å²) in [6.45, 7) is -0.551. The number of benzene rings is 1. The quantitative estimate of drug-likeness (QED) is 0.501. The predicted molar refractivity (Wildman–Crippen MR) is 92.6 cm³/mol. The van der Waals surface area contributed by atoms with Crippen LogP contribution >= 0.6 is 0 Å². The van der Waals surface area contributed by atoms with E-state index in [-0.39, 0.29) is 17.8 Å². The molecule has 152 valence electrons. The Morgan fingerprint density at radius 2 is 1.93 bits per heavy atom. The fourth-order valence-electron chi connectivity index (χ4n) is 2.21. The first kappa shape index (κ1) is 21.6. The molecule has 0 aliphatic heterocycles. The molecule has 0 bridgehead atoms. The zero-order valence-electron chi connectivity index (χ0n) is 14.5. The van der Waals surface area contributed by atoms with Crippen LogP contribution in [0, 0.1) is 11.6 Å². The molecule has 0 aliphatic carbocycles. The molecule has 1 aromatic carbocycles. The number of nitrogens with one attached hydrogen (secondary N) is 2. The van der Waals surface area contributed by atoms with Gasteiger partial charge in [0, 0.05) is 18.2 Å². The van der Waals surface area contributed by atoms with E-state index in [9.17, 15) is 30.8 Å². The summed E-state index contributed by atoms with van der Waals surface area (Å²) >= 11 is 0. The van der Waals surface area contributed by atoms with Gasteiger partial charge in [0.15, 0.2) is 0 Å². The van der Waals surface area contributed by atoms with Crippen LogP contribution in [-0.4, -0.2) is 32.0 Å². The van der Waals surface area contributed by atoms with Crippen LogP contribution in [-0.2, 0) is 27.9 Å². The van der Waals surface area contributed by atoms with Crippen molar-refractivity contribution < 1.29 is 30.8 Å². The third-order valence-corrected chi connectivity index (χ3v) is 4.65. The number of nitrogens with zero attached hydrogens (tertiary/aromatic N) is 2. The van der Waals surface area contributed by atoms with Gasteiger partial charge in [-0.2, -0.15) is 8.78 Å². The number of hydrazine groups is 1. The number of carbonyl (C=O) groups is 1. The van der Waals surface area contributed by atoms with Crippen molar-refractivity contribution in [1.82, 2.24) is 15.8 Å². The minimum Gasteiger partial charge on any atom is -0.286 e. The van der Waals surface area contributed by atoms with E-state index in [0.29, 0.717) is 5.56 Å². The Balaban J connectivity index is 2.15. The number of rotatable bonds is 8. The monoisotopic (exact) mass is 420 g/mol. The molecule has 2 rings (SSSR count). The highest BCUT2D eigenvalue weighted by Gasteiger charge is 2.20. The lowest BCUT2D eigenvalue weighted by Crippen LogP contribution is -2.40. The summed E-state index contributed by atoms with van der Waals surface area (Å²) in [6, 6.07) is 4.73. The van der Waals surface area contributed by atoms with E-state index < -0.39 is 40.5 Å². The van der Waals surface area contributed by atoms with Crippen molar-refractivity contribution in [2.75, 3.05) is 10.6 Å². The van der Waals surface area contributed by atoms with Crippen LogP contribution in [0.4, 0.5) is 23.2 Å². The van der Waals surface area contributed by atoms with Crippen LogP contribution in [0.15, 0.2) is 36.7 Å². The van der Waals surface area contributed by atoms with E-state index in [1.54, 1.807) is 5.43 Å². The van der Waals surface area contributed by atoms with Crippen LogP contribution in [0.25, 0.3) is 0 Å². The first-order valence-corrected chi connectivity index (χ1v) is 9.59. The normalized spacial score (nSPS) is 11.5. The van der Waals surface area contributed by atoms with E-state index in [2.05, 4.69) is 10.4 Å². The molecule has 1 amide bonds. The largest absolute Gasteiger partial charge is 0.316 e. The number of alkyl halides is 2. The van der Waals surface area contributed by atoms with Crippen LogP contribution in [0.1, 0.15) is 11.1 Å². The topological polar surface area (TPSA) is 91.4 Å². The average molecular weight is 420 g/mol. The number of carbonyl (C=O) groups excluding carboxylic acids is 1. The Bertz CT molecular complexity index is 957. The van der Waals surface area contributed by atoms with Crippen molar-refractivity contribution in [3.05, 3.63) is 59.4 Å². The Morgan fingerprint density at radius 3 is 2.50 bits per heavy atom. The molecule has 0 unspecified atom stereocenters. The van der Waals surface area contributed by atoms with Crippen LogP contribution < -0.4 is 15.2 Å². The number of halogens is 4. The summed E-state index contributed by atoms with van der Waals surface area (Å²) in [6.07, 6.45) is -0.267. The fraction of sp³-hybridized carbons (Fsp3) is 0.250. The zero-order valence-corrected chi connectivity index (χ0v) is 15.3. The molecular formula is C16H16F4N4O3S. The van der Waals surface area contributed by atoms with Crippen LogP contribution in [0.5, 0.6) is 0 Å². The highest BCUT2D eigenvalue weighted by atomic mass is 32.2. The number of hydrogen-bond donors (Lipinski definition) is 2. The molecule has 0 spiro atoms. The summed E-state index contributed by atoms with van der Waals surface area (Å²) in [5.41, 5.74) is 4.22. The summed E-state index contributed by atoms with van der Waals surface area (Å²) in [4.78, 5) is 14.3. The smallest absolute Gasteiger partial charge is 0.286 e. The number of sulfonamides is 1. The Labute approximate surface area is 158 Å². The third kappa shape index (κ3) is 5.89. The van der Waals surface area contributed by atoms with E-state index in [0.717, 1.165) is 35.1 Å². The summed E-state index contributed by atoms with van der Waals surface area (Å²) < 4.78 is 76.7. The molecule has 0 saturated heterocycles. The maximum absolute atomic E-state index is 14.4. The van der Waals surface area contributed by atoms with Gasteiger partial charge in [-0.3, -0.25) is 19.5 Å². The highest BCUT2D eigenvalue weighted by Crippen LogP contribution is 2.22. The Morgan fingerprint density at radius 1 is 1.21 bits per heavy atom. The molecular weight excluding hydrogens is 404 g/mol. The average Bonchev–Trinajstić information content (AvgIpc) is 2.59. The van der Waals surface area contributed by atoms with E-state index in [1.807, 2.05) is 0 Å². The highest BCUT2D eigenvalue weighted by molar-refractivity contribution is 7.92. The second kappa shape index (κ2) is 8.97. The van der Waals surface area contributed by atoms with Crippen molar-refractivity contribution in [2.45, 2.75) is 19.5 Å². The second-order valence-corrected chi connectivity index (χ2v) is 7.61. The first-order valence-electron chi connectivity index (χ1n) is 7.74. The van der Waals surface area contributed by atoms with Gasteiger partial charge in [-0.15, -0.1) is 0 Å². The number of anilines is 1. The molecule has 28 heavy (non-hydrogen) atoms. The van der Waals surface area contributed by atoms with Gasteiger partial charge in [-0.25, -0.2) is 22.6 Å². The van der Waals surface area contributed by atoms with Gasteiger partial charge < -0.3 is 0 Å². The molecule has 7 nitrogen and oxygen atoms in total. The van der Waals surface area contributed by atoms with Crippen LogP contribution in [0.2, 0.25) is 0 Å². The molecule has 12 heteroatoms. The maximum atomic E-state index is 14.4. The minimum absolute atomic E-state index is 0.00458.